The number of piperazine rings is 1. The smallest absolute Gasteiger partial charge is 0.177 e. The van der Waals surface area contributed by atoms with Gasteiger partial charge in [0, 0.05) is 39.3 Å². The highest BCUT2D eigenvalue weighted by Crippen LogP contribution is 2.17. The molecule has 0 radical (unpaired) electrons. The third kappa shape index (κ3) is 2.91. The molecule has 0 bridgehead atoms. The van der Waals surface area contributed by atoms with Gasteiger partial charge in [0.05, 0.1) is 6.10 Å². The lowest BCUT2D eigenvalue weighted by Crippen LogP contribution is -2.49. The highest BCUT2D eigenvalue weighted by atomic mass is 16.5. The molecule has 118 valence electrons. The van der Waals surface area contributed by atoms with Crippen LogP contribution in [0.5, 0.6) is 0 Å². The highest BCUT2D eigenvalue weighted by Gasteiger charge is 2.22. The number of anilines is 1. The van der Waals surface area contributed by atoms with Crippen LogP contribution in [0.1, 0.15) is 19.3 Å². The lowest BCUT2D eigenvalue weighted by molar-refractivity contribution is -0.00647. The third-order valence-corrected chi connectivity index (χ3v) is 4.58. The van der Waals surface area contributed by atoms with Crippen LogP contribution in [0.25, 0.3) is 5.65 Å². The first kappa shape index (κ1) is 13.9. The molecule has 2 aromatic rings. The summed E-state index contributed by atoms with van der Waals surface area (Å²) in [5, 5.41) is 12.4. The van der Waals surface area contributed by atoms with Gasteiger partial charge in [0.2, 0.25) is 0 Å². The molecule has 4 rings (SSSR count). The van der Waals surface area contributed by atoms with Crippen molar-refractivity contribution in [3.63, 3.8) is 0 Å². The van der Waals surface area contributed by atoms with Crippen molar-refractivity contribution in [3.8, 4) is 0 Å². The molecule has 0 amide bonds. The molecule has 2 saturated heterocycles. The van der Waals surface area contributed by atoms with Gasteiger partial charge in [0.15, 0.2) is 5.65 Å². The van der Waals surface area contributed by atoms with Gasteiger partial charge in [-0.25, -0.2) is 0 Å². The van der Waals surface area contributed by atoms with E-state index >= 15 is 0 Å². The number of nitrogens with zero attached hydrogens (tertiary/aromatic N) is 6. The van der Waals surface area contributed by atoms with Gasteiger partial charge in [-0.15, -0.1) is 15.3 Å². The van der Waals surface area contributed by atoms with Crippen molar-refractivity contribution in [1.29, 1.82) is 0 Å². The Balaban J connectivity index is 1.34. The van der Waals surface area contributed by atoms with E-state index in [-0.39, 0.29) is 0 Å². The number of rotatable bonds is 3. The number of hydrogen-bond donors (Lipinski definition) is 0. The molecule has 0 N–H and O–H groups in total. The molecule has 22 heavy (non-hydrogen) atoms. The van der Waals surface area contributed by atoms with Crippen LogP contribution in [-0.4, -0.2) is 70.1 Å². The van der Waals surface area contributed by atoms with Gasteiger partial charge in [-0.1, -0.05) is 0 Å². The van der Waals surface area contributed by atoms with Crippen LogP contribution in [0, 0.1) is 0 Å². The van der Waals surface area contributed by atoms with Crippen molar-refractivity contribution in [2.75, 3.05) is 44.2 Å². The van der Waals surface area contributed by atoms with E-state index in [0.29, 0.717) is 6.10 Å². The molecule has 0 spiro atoms. The Morgan fingerprint density at radius 2 is 2.05 bits per heavy atom. The minimum absolute atomic E-state index is 0.437. The van der Waals surface area contributed by atoms with Crippen LogP contribution in [-0.2, 0) is 4.74 Å². The van der Waals surface area contributed by atoms with Crippen LogP contribution < -0.4 is 4.90 Å². The van der Waals surface area contributed by atoms with Gasteiger partial charge in [0.25, 0.3) is 0 Å². The van der Waals surface area contributed by atoms with Gasteiger partial charge in [0.1, 0.15) is 12.1 Å². The summed E-state index contributed by atoms with van der Waals surface area (Å²) in [4.78, 5) is 4.85. The average Bonchev–Trinajstić information content (AvgIpc) is 3.04. The minimum Gasteiger partial charge on any atom is -0.377 e. The van der Waals surface area contributed by atoms with E-state index < -0.39 is 0 Å². The first-order valence-electron chi connectivity index (χ1n) is 8.14. The number of fused-ring (bicyclic) bond motifs is 1. The molecule has 7 nitrogen and oxygen atoms in total. The highest BCUT2D eigenvalue weighted by molar-refractivity contribution is 5.45. The molecule has 4 heterocycles. The first-order chi connectivity index (χ1) is 10.9. The standard InChI is InChI=1S/C15H22N6O/c1-2-10-22-13(3-1)11-19-6-8-20(9-7-19)15-5-4-14-17-16-12-21(14)18-15/h4-5,12-13H,1-3,6-11H2/t13-/m1/s1. The molecule has 0 aliphatic carbocycles. The first-order valence-corrected chi connectivity index (χ1v) is 8.14. The maximum absolute atomic E-state index is 5.85. The van der Waals surface area contributed by atoms with Gasteiger partial charge in [-0.05, 0) is 31.4 Å². The van der Waals surface area contributed by atoms with Crippen molar-refractivity contribution in [3.05, 3.63) is 18.5 Å². The van der Waals surface area contributed by atoms with Crippen molar-refractivity contribution in [2.45, 2.75) is 25.4 Å². The molecule has 2 aliphatic heterocycles. The van der Waals surface area contributed by atoms with E-state index in [4.69, 9.17) is 4.74 Å². The fourth-order valence-electron chi connectivity index (χ4n) is 3.29. The van der Waals surface area contributed by atoms with E-state index in [1.54, 1.807) is 10.8 Å². The Bertz CT molecular complexity index is 615. The molecular weight excluding hydrogens is 280 g/mol. The Morgan fingerprint density at radius 1 is 1.14 bits per heavy atom. The normalized spacial score (nSPS) is 24.0. The summed E-state index contributed by atoms with van der Waals surface area (Å²) in [7, 11) is 0. The lowest BCUT2D eigenvalue weighted by atomic mass is 10.1. The fourth-order valence-corrected chi connectivity index (χ4v) is 3.29. The SMILES string of the molecule is c1cc2nncn2nc1N1CCN(C[C@H]2CCCCO2)CC1. The van der Waals surface area contributed by atoms with Crippen molar-refractivity contribution >= 4 is 11.5 Å². The third-order valence-electron chi connectivity index (χ3n) is 4.58. The topological polar surface area (TPSA) is 58.8 Å². The minimum atomic E-state index is 0.437. The molecule has 0 unspecified atom stereocenters. The maximum Gasteiger partial charge on any atom is 0.177 e. The predicted octanol–water partition coefficient (Wildman–Crippen LogP) is 0.815. The second kappa shape index (κ2) is 6.18. The molecule has 7 heteroatoms. The maximum atomic E-state index is 5.85. The Morgan fingerprint density at radius 3 is 2.86 bits per heavy atom. The zero-order chi connectivity index (χ0) is 14.8. The van der Waals surface area contributed by atoms with Crippen LogP contribution in [0.2, 0.25) is 0 Å². The summed E-state index contributed by atoms with van der Waals surface area (Å²) in [6.45, 7) is 6.17. The van der Waals surface area contributed by atoms with Crippen molar-refractivity contribution < 1.29 is 4.74 Å². The van der Waals surface area contributed by atoms with E-state index in [9.17, 15) is 0 Å². The molecule has 2 fully saturated rings. The average molecular weight is 302 g/mol. The molecular formula is C15H22N6O. The summed E-state index contributed by atoms with van der Waals surface area (Å²) in [6, 6.07) is 4.00. The zero-order valence-electron chi connectivity index (χ0n) is 12.8. The molecule has 0 saturated carbocycles. The van der Waals surface area contributed by atoms with Crippen molar-refractivity contribution in [2.24, 2.45) is 0 Å². The Labute approximate surface area is 129 Å². The van der Waals surface area contributed by atoms with E-state index in [2.05, 4.69) is 25.1 Å². The monoisotopic (exact) mass is 302 g/mol. The van der Waals surface area contributed by atoms with Gasteiger partial charge in [-0.3, -0.25) is 4.90 Å². The number of aromatic nitrogens is 4. The summed E-state index contributed by atoms with van der Waals surface area (Å²) >= 11 is 0. The van der Waals surface area contributed by atoms with Crippen LogP contribution in [0.4, 0.5) is 5.82 Å². The molecule has 0 aromatic carbocycles. The second-order valence-electron chi connectivity index (χ2n) is 6.10. The van der Waals surface area contributed by atoms with Crippen molar-refractivity contribution in [1.82, 2.24) is 24.7 Å². The Kier molecular flexibility index (Phi) is 3.90. The summed E-state index contributed by atoms with van der Waals surface area (Å²) < 4.78 is 7.58. The van der Waals surface area contributed by atoms with Gasteiger partial charge in [-0.2, -0.15) is 4.52 Å². The van der Waals surface area contributed by atoms with E-state index in [1.165, 1.54) is 19.3 Å². The van der Waals surface area contributed by atoms with Gasteiger partial charge < -0.3 is 9.64 Å². The summed E-state index contributed by atoms with van der Waals surface area (Å²) in [5.41, 5.74) is 0.789. The molecule has 1 atom stereocenters. The quantitative estimate of drug-likeness (QED) is 0.836. The summed E-state index contributed by atoms with van der Waals surface area (Å²) in [5.74, 6) is 1.00. The van der Waals surface area contributed by atoms with Crippen LogP contribution in [0.15, 0.2) is 18.5 Å². The van der Waals surface area contributed by atoms with E-state index in [1.807, 2.05) is 12.1 Å². The molecule has 2 aliphatic rings. The van der Waals surface area contributed by atoms with Crippen LogP contribution >= 0.6 is 0 Å². The summed E-state index contributed by atoms with van der Waals surface area (Å²) in [6.07, 6.45) is 5.84. The zero-order valence-corrected chi connectivity index (χ0v) is 12.8. The Hall–Kier alpha value is -1.73. The fraction of sp³-hybridized carbons (Fsp3) is 0.667. The molecule has 2 aromatic heterocycles. The van der Waals surface area contributed by atoms with Gasteiger partial charge >= 0.3 is 0 Å². The number of ether oxygens (including phenoxy) is 1. The van der Waals surface area contributed by atoms with E-state index in [0.717, 1.165) is 50.8 Å². The largest absolute Gasteiger partial charge is 0.377 e. The second-order valence-corrected chi connectivity index (χ2v) is 6.10. The predicted molar refractivity (Wildman–Crippen MR) is 83.0 cm³/mol. The number of hydrogen-bond acceptors (Lipinski definition) is 6. The van der Waals surface area contributed by atoms with Crippen LogP contribution in [0.3, 0.4) is 0 Å². The lowest BCUT2D eigenvalue weighted by Gasteiger charge is -2.37.